The summed E-state index contributed by atoms with van der Waals surface area (Å²) in [5.74, 6) is -0.359. The number of pyridine rings is 2. The molecule has 0 unspecified atom stereocenters. The van der Waals surface area contributed by atoms with Crippen molar-refractivity contribution < 1.29 is 14.3 Å². The molecule has 0 aliphatic rings. The van der Waals surface area contributed by atoms with E-state index in [1.165, 1.54) is 12.1 Å². The number of amides is 1. The van der Waals surface area contributed by atoms with Gasteiger partial charge in [-0.25, -0.2) is 14.4 Å². The number of likely N-dealkylation sites (N-methyl/N-ethyl adjacent to an activating group) is 1. The van der Waals surface area contributed by atoms with Gasteiger partial charge in [-0.15, -0.1) is 0 Å². The Morgan fingerprint density at radius 3 is 2.74 bits per heavy atom. The Hall–Kier alpha value is -5.16. The van der Waals surface area contributed by atoms with Crippen LogP contribution in [-0.2, 0) is 4.79 Å². The second-order valence-corrected chi connectivity index (χ2v) is 9.42. The fraction of sp³-hybridized carbons (Fsp3) is 0.107. The molecule has 0 aliphatic carbocycles. The number of fused-ring (bicyclic) bond motifs is 2. The first-order valence-electron chi connectivity index (χ1n) is 12.1. The van der Waals surface area contributed by atoms with E-state index in [2.05, 4.69) is 35.5 Å². The van der Waals surface area contributed by atoms with Crippen LogP contribution in [0.15, 0.2) is 67.1 Å². The first kappa shape index (κ1) is 24.2. The van der Waals surface area contributed by atoms with Gasteiger partial charge in [-0.3, -0.25) is 14.9 Å². The van der Waals surface area contributed by atoms with Crippen molar-refractivity contribution in [2.45, 2.75) is 0 Å². The molecular formula is C28H23FN8O2. The van der Waals surface area contributed by atoms with E-state index in [-0.39, 0.29) is 18.2 Å². The lowest BCUT2D eigenvalue weighted by atomic mass is 10.0. The number of carbonyl (C=O) groups excluding carboxylic acids is 1. The number of phenols is 1. The Bertz CT molecular complexity index is 1840. The number of H-pyrrole nitrogens is 2. The maximum atomic E-state index is 14.0. The quantitative estimate of drug-likeness (QED) is 0.251. The van der Waals surface area contributed by atoms with Crippen LogP contribution in [0.1, 0.15) is 0 Å². The molecule has 4 heterocycles. The lowest BCUT2D eigenvalue weighted by Crippen LogP contribution is -2.27. The number of nitrogens with one attached hydrogen (secondary N) is 3. The number of benzene rings is 2. The van der Waals surface area contributed by atoms with Crippen LogP contribution < -0.4 is 5.32 Å². The number of aromatic amines is 2. The van der Waals surface area contributed by atoms with Crippen LogP contribution in [0.2, 0.25) is 0 Å². The Morgan fingerprint density at radius 1 is 1.05 bits per heavy atom. The summed E-state index contributed by atoms with van der Waals surface area (Å²) in [5, 5.41) is 21.1. The van der Waals surface area contributed by atoms with Crippen molar-refractivity contribution in [1.29, 1.82) is 0 Å². The number of anilines is 1. The molecule has 0 saturated carbocycles. The van der Waals surface area contributed by atoms with E-state index in [9.17, 15) is 14.3 Å². The molecular weight excluding hydrogens is 499 g/mol. The van der Waals surface area contributed by atoms with Gasteiger partial charge in [0, 0.05) is 35.0 Å². The highest BCUT2D eigenvalue weighted by atomic mass is 19.1. The van der Waals surface area contributed by atoms with Crippen molar-refractivity contribution in [1.82, 2.24) is 35.0 Å². The molecule has 10 nitrogen and oxygen atoms in total. The molecule has 194 valence electrons. The zero-order valence-electron chi connectivity index (χ0n) is 21.0. The van der Waals surface area contributed by atoms with Crippen LogP contribution >= 0.6 is 0 Å². The predicted molar refractivity (Wildman–Crippen MR) is 146 cm³/mol. The van der Waals surface area contributed by atoms with E-state index in [1.54, 1.807) is 29.6 Å². The van der Waals surface area contributed by atoms with Gasteiger partial charge in [0.15, 0.2) is 11.5 Å². The first-order valence-corrected chi connectivity index (χ1v) is 12.1. The lowest BCUT2D eigenvalue weighted by molar-refractivity contribution is -0.116. The molecule has 0 fully saturated rings. The predicted octanol–water partition coefficient (Wildman–Crippen LogP) is 4.58. The summed E-state index contributed by atoms with van der Waals surface area (Å²) >= 11 is 0. The van der Waals surface area contributed by atoms with Crippen LogP contribution in [0.25, 0.3) is 55.8 Å². The van der Waals surface area contributed by atoms with E-state index in [1.807, 2.05) is 38.4 Å². The number of halogens is 1. The first-order chi connectivity index (χ1) is 18.8. The summed E-state index contributed by atoms with van der Waals surface area (Å²) < 4.78 is 14.0. The average Bonchev–Trinajstić information content (AvgIpc) is 3.51. The van der Waals surface area contributed by atoms with Crippen molar-refractivity contribution >= 4 is 33.7 Å². The standard InChI is InChI=1S/C28H23FN8O2/c1-37(2)14-24(39)32-19-8-17(12-30-13-19)15-3-4-23-22(10-15)26(36-35-23)28-33-25-21(5-6-31-27(25)34-28)16-7-18(29)11-20(38)9-16/h3-13,38H,14H2,1-2H3,(H,32,39)(H,35,36)(H,31,33,34). The third-order valence-electron chi connectivity index (χ3n) is 6.19. The third kappa shape index (κ3) is 4.78. The molecule has 11 heteroatoms. The van der Waals surface area contributed by atoms with E-state index < -0.39 is 5.82 Å². The molecule has 39 heavy (non-hydrogen) atoms. The number of nitrogens with zero attached hydrogens (tertiary/aromatic N) is 5. The number of rotatable bonds is 6. The van der Waals surface area contributed by atoms with Gasteiger partial charge in [0.2, 0.25) is 5.91 Å². The largest absolute Gasteiger partial charge is 0.508 e. The van der Waals surface area contributed by atoms with E-state index in [0.29, 0.717) is 39.5 Å². The monoisotopic (exact) mass is 522 g/mol. The highest BCUT2D eigenvalue weighted by molar-refractivity contribution is 5.98. The minimum absolute atomic E-state index is 0.127. The van der Waals surface area contributed by atoms with Crippen molar-refractivity contribution in [3.63, 3.8) is 0 Å². The summed E-state index contributed by atoms with van der Waals surface area (Å²) in [4.78, 5) is 30.6. The Labute approximate surface area is 221 Å². The van der Waals surface area contributed by atoms with Crippen LogP contribution in [0, 0.1) is 5.82 Å². The van der Waals surface area contributed by atoms with Gasteiger partial charge in [-0.2, -0.15) is 5.10 Å². The summed E-state index contributed by atoms with van der Waals surface area (Å²) in [6.07, 6.45) is 4.92. The number of imidazole rings is 1. The minimum Gasteiger partial charge on any atom is -0.508 e. The molecule has 4 aromatic heterocycles. The van der Waals surface area contributed by atoms with Crippen LogP contribution in [-0.4, -0.2) is 66.7 Å². The molecule has 6 rings (SSSR count). The van der Waals surface area contributed by atoms with Gasteiger partial charge in [0.05, 0.1) is 29.5 Å². The second-order valence-electron chi connectivity index (χ2n) is 9.42. The molecule has 2 aromatic carbocycles. The summed E-state index contributed by atoms with van der Waals surface area (Å²) in [6, 6.07) is 13.3. The van der Waals surface area contributed by atoms with Crippen molar-refractivity contribution in [2.75, 3.05) is 26.0 Å². The lowest BCUT2D eigenvalue weighted by Gasteiger charge is -2.11. The third-order valence-corrected chi connectivity index (χ3v) is 6.19. The van der Waals surface area contributed by atoms with Crippen LogP contribution in [0.5, 0.6) is 5.75 Å². The molecule has 0 atom stereocenters. The van der Waals surface area contributed by atoms with Gasteiger partial charge >= 0.3 is 0 Å². The van der Waals surface area contributed by atoms with Crippen molar-refractivity contribution in [2.24, 2.45) is 0 Å². The zero-order valence-corrected chi connectivity index (χ0v) is 21.0. The maximum absolute atomic E-state index is 14.0. The molecule has 1 amide bonds. The molecule has 6 aromatic rings. The molecule has 0 saturated heterocycles. The van der Waals surface area contributed by atoms with Crippen molar-refractivity contribution in [3.8, 4) is 39.5 Å². The van der Waals surface area contributed by atoms with Gasteiger partial charge in [0.25, 0.3) is 0 Å². The highest BCUT2D eigenvalue weighted by Gasteiger charge is 2.17. The molecule has 0 bridgehead atoms. The number of aromatic hydroxyl groups is 1. The Balaban J connectivity index is 1.39. The summed E-state index contributed by atoms with van der Waals surface area (Å²) in [6.45, 7) is 0.267. The van der Waals surface area contributed by atoms with Crippen LogP contribution in [0.3, 0.4) is 0 Å². The molecule has 0 radical (unpaired) electrons. The maximum Gasteiger partial charge on any atom is 0.238 e. The topological polar surface area (TPSA) is 136 Å². The average molecular weight is 523 g/mol. The highest BCUT2D eigenvalue weighted by Crippen LogP contribution is 2.34. The van der Waals surface area contributed by atoms with Gasteiger partial charge in [-0.05, 0) is 61.6 Å². The molecule has 4 N–H and O–H groups in total. The minimum atomic E-state index is -0.545. The number of aromatic nitrogens is 6. The van der Waals surface area contributed by atoms with Gasteiger partial charge < -0.3 is 20.3 Å². The van der Waals surface area contributed by atoms with Gasteiger partial charge in [0.1, 0.15) is 17.3 Å². The fourth-order valence-electron chi connectivity index (χ4n) is 4.52. The van der Waals surface area contributed by atoms with E-state index >= 15 is 0 Å². The fourth-order valence-corrected chi connectivity index (χ4v) is 4.52. The number of hydrogen-bond donors (Lipinski definition) is 4. The second kappa shape index (κ2) is 9.62. The Morgan fingerprint density at radius 2 is 1.92 bits per heavy atom. The molecule has 0 spiro atoms. The number of carbonyl (C=O) groups is 1. The smallest absolute Gasteiger partial charge is 0.238 e. The normalized spacial score (nSPS) is 11.5. The zero-order chi connectivity index (χ0) is 27.1. The molecule has 0 aliphatic heterocycles. The summed E-state index contributed by atoms with van der Waals surface area (Å²) in [7, 11) is 3.66. The summed E-state index contributed by atoms with van der Waals surface area (Å²) in [5.41, 5.74) is 5.87. The number of hydrogen-bond acceptors (Lipinski definition) is 7. The van der Waals surface area contributed by atoms with Gasteiger partial charge in [-0.1, -0.05) is 6.07 Å². The van der Waals surface area contributed by atoms with Crippen molar-refractivity contribution in [3.05, 3.63) is 72.9 Å². The number of phenolic OH excluding ortho intramolecular Hbond substituents is 1. The van der Waals surface area contributed by atoms with Crippen LogP contribution in [0.4, 0.5) is 10.1 Å². The van der Waals surface area contributed by atoms with E-state index in [4.69, 9.17) is 0 Å². The van der Waals surface area contributed by atoms with E-state index in [0.717, 1.165) is 28.1 Å². The SMILES string of the molecule is CN(C)CC(=O)Nc1cncc(-c2ccc3[nH]nc(-c4nc5nccc(-c6cc(O)cc(F)c6)c5[nH]4)c3c2)c1. The Kier molecular flexibility index (Phi) is 5.97.